The number of rotatable bonds is 2. The third kappa shape index (κ3) is 2.64. The third-order valence-electron chi connectivity index (χ3n) is 4.46. The highest BCUT2D eigenvalue weighted by atomic mass is 35.5. The van der Waals surface area contributed by atoms with E-state index >= 15 is 0 Å². The van der Waals surface area contributed by atoms with Crippen molar-refractivity contribution in [2.45, 2.75) is 19.9 Å². The minimum atomic E-state index is 0.335. The van der Waals surface area contributed by atoms with Gasteiger partial charge in [0.25, 0.3) is 6.01 Å². The Morgan fingerprint density at radius 1 is 1.38 bits per heavy atom. The number of fused-ring (bicyclic) bond motifs is 1. The zero-order valence-electron chi connectivity index (χ0n) is 13.7. The monoisotopic (exact) mass is 342 g/mol. The Morgan fingerprint density at radius 2 is 2.25 bits per heavy atom. The lowest BCUT2D eigenvalue weighted by Gasteiger charge is -2.32. The van der Waals surface area contributed by atoms with Crippen LogP contribution in [0.1, 0.15) is 12.5 Å². The highest BCUT2D eigenvalue weighted by Gasteiger charge is 2.24. The van der Waals surface area contributed by atoms with Crippen LogP contribution < -0.4 is 10.2 Å². The van der Waals surface area contributed by atoms with E-state index in [2.05, 4.69) is 27.1 Å². The normalized spacial score (nSPS) is 18.3. The van der Waals surface area contributed by atoms with Crippen LogP contribution in [0.5, 0.6) is 0 Å². The molecule has 124 valence electrons. The van der Waals surface area contributed by atoms with E-state index in [1.807, 2.05) is 31.2 Å². The number of anilines is 1. The molecule has 1 fully saturated rings. The van der Waals surface area contributed by atoms with Crippen LogP contribution in [0.2, 0.25) is 5.02 Å². The second-order valence-corrected chi connectivity index (χ2v) is 6.65. The number of hydrogen-bond acceptors (Lipinski definition) is 5. The van der Waals surface area contributed by atoms with E-state index in [-0.39, 0.29) is 0 Å². The molecular weight excluding hydrogens is 324 g/mol. The van der Waals surface area contributed by atoms with E-state index in [0.717, 1.165) is 47.6 Å². The van der Waals surface area contributed by atoms with Crippen LogP contribution in [0, 0.1) is 6.92 Å². The molecule has 1 unspecified atom stereocenters. The van der Waals surface area contributed by atoms with Crippen molar-refractivity contribution < 1.29 is 4.42 Å². The summed E-state index contributed by atoms with van der Waals surface area (Å²) in [5, 5.41) is 4.01. The maximum Gasteiger partial charge on any atom is 0.298 e. The molecule has 0 aliphatic carbocycles. The minimum Gasteiger partial charge on any atom is -0.423 e. The number of pyridine rings is 1. The van der Waals surface area contributed by atoms with Gasteiger partial charge in [-0.05, 0) is 37.6 Å². The number of hydrogen-bond donors (Lipinski definition) is 1. The van der Waals surface area contributed by atoms with E-state index in [9.17, 15) is 0 Å². The second-order valence-electron chi connectivity index (χ2n) is 6.21. The Morgan fingerprint density at radius 3 is 3.04 bits per heavy atom. The average Bonchev–Trinajstić information content (AvgIpc) is 2.98. The van der Waals surface area contributed by atoms with Gasteiger partial charge in [0.15, 0.2) is 5.58 Å². The van der Waals surface area contributed by atoms with E-state index < -0.39 is 0 Å². The van der Waals surface area contributed by atoms with Crippen molar-refractivity contribution in [3.63, 3.8) is 0 Å². The van der Waals surface area contributed by atoms with Gasteiger partial charge in [-0.25, -0.2) is 0 Å². The molecule has 1 aliphatic rings. The van der Waals surface area contributed by atoms with E-state index in [0.29, 0.717) is 17.1 Å². The van der Waals surface area contributed by atoms with Gasteiger partial charge in [0, 0.05) is 42.5 Å². The predicted octanol–water partition coefficient (Wildman–Crippen LogP) is 3.65. The molecule has 0 amide bonds. The third-order valence-corrected chi connectivity index (χ3v) is 4.67. The highest BCUT2D eigenvalue weighted by Crippen LogP contribution is 2.35. The summed E-state index contributed by atoms with van der Waals surface area (Å²) < 4.78 is 6.16. The standard InChI is InChI=1S/C18H19ClN4O/c1-11-4-3-5-21-16(11)14-8-13(19)9-15-17(14)24-18(22-15)23-7-6-20-10-12(23)2/h3-5,8-9,12,20H,6-7,10H2,1-2H3. The molecule has 0 saturated carbocycles. The number of aromatic nitrogens is 2. The molecule has 0 radical (unpaired) electrons. The zero-order chi connectivity index (χ0) is 16.7. The van der Waals surface area contributed by atoms with Gasteiger partial charge in [-0.1, -0.05) is 17.7 Å². The predicted molar refractivity (Wildman–Crippen MR) is 96.7 cm³/mol. The number of benzene rings is 1. The van der Waals surface area contributed by atoms with Gasteiger partial charge in [0.2, 0.25) is 0 Å². The van der Waals surface area contributed by atoms with Crippen molar-refractivity contribution in [2.24, 2.45) is 0 Å². The first-order valence-electron chi connectivity index (χ1n) is 8.13. The molecule has 6 heteroatoms. The van der Waals surface area contributed by atoms with Crippen LogP contribution in [0.4, 0.5) is 6.01 Å². The van der Waals surface area contributed by atoms with Gasteiger partial charge in [-0.3, -0.25) is 4.98 Å². The van der Waals surface area contributed by atoms with Gasteiger partial charge in [-0.15, -0.1) is 0 Å². The van der Waals surface area contributed by atoms with Crippen LogP contribution in [-0.4, -0.2) is 35.6 Å². The molecule has 5 nitrogen and oxygen atoms in total. The lowest BCUT2D eigenvalue weighted by molar-refractivity contribution is 0.456. The molecular formula is C18H19ClN4O. The summed E-state index contributed by atoms with van der Waals surface area (Å²) in [4.78, 5) is 11.4. The lowest BCUT2D eigenvalue weighted by atomic mass is 10.1. The summed E-state index contributed by atoms with van der Waals surface area (Å²) in [5.74, 6) is 0. The molecule has 2 aromatic heterocycles. The smallest absolute Gasteiger partial charge is 0.298 e. The molecule has 1 aromatic carbocycles. The maximum atomic E-state index is 6.32. The van der Waals surface area contributed by atoms with Crippen LogP contribution in [0.15, 0.2) is 34.9 Å². The second kappa shape index (κ2) is 6.07. The van der Waals surface area contributed by atoms with Crippen molar-refractivity contribution in [1.29, 1.82) is 0 Å². The Bertz CT molecular complexity index is 892. The lowest BCUT2D eigenvalue weighted by Crippen LogP contribution is -2.50. The largest absolute Gasteiger partial charge is 0.423 e. The van der Waals surface area contributed by atoms with E-state index in [4.69, 9.17) is 16.0 Å². The summed E-state index contributed by atoms with van der Waals surface area (Å²) in [7, 11) is 0. The molecule has 1 saturated heterocycles. The molecule has 3 aromatic rings. The number of oxazole rings is 1. The molecule has 1 atom stereocenters. The first-order chi connectivity index (χ1) is 11.6. The molecule has 0 spiro atoms. The number of aryl methyl sites for hydroxylation is 1. The van der Waals surface area contributed by atoms with Crippen LogP contribution in [0.25, 0.3) is 22.4 Å². The summed E-state index contributed by atoms with van der Waals surface area (Å²) in [6.45, 7) is 6.92. The van der Waals surface area contributed by atoms with Gasteiger partial charge in [-0.2, -0.15) is 4.98 Å². The number of nitrogens with one attached hydrogen (secondary N) is 1. The topological polar surface area (TPSA) is 54.2 Å². The summed E-state index contributed by atoms with van der Waals surface area (Å²) in [6, 6.07) is 8.69. The number of nitrogens with zero attached hydrogens (tertiary/aromatic N) is 3. The Kier molecular flexibility index (Phi) is 3.90. The average molecular weight is 343 g/mol. The highest BCUT2D eigenvalue weighted by molar-refractivity contribution is 6.31. The molecule has 1 N–H and O–H groups in total. The van der Waals surface area contributed by atoms with Crippen molar-refractivity contribution in [2.75, 3.05) is 24.5 Å². The summed E-state index contributed by atoms with van der Waals surface area (Å²) >= 11 is 6.32. The first-order valence-corrected chi connectivity index (χ1v) is 8.50. The Hall–Kier alpha value is -2.11. The molecule has 3 heterocycles. The van der Waals surface area contributed by atoms with Crippen molar-refractivity contribution in [3.05, 3.63) is 41.0 Å². The summed E-state index contributed by atoms with van der Waals surface area (Å²) in [6.07, 6.45) is 1.78. The maximum absolute atomic E-state index is 6.32. The van der Waals surface area contributed by atoms with E-state index in [1.54, 1.807) is 6.20 Å². The van der Waals surface area contributed by atoms with Gasteiger partial charge < -0.3 is 14.6 Å². The Labute approximate surface area is 145 Å². The van der Waals surface area contributed by atoms with Crippen molar-refractivity contribution in [3.8, 4) is 11.3 Å². The number of halogens is 1. The molecule has 4 rings (SSSR count). The SMILES string of the molecule is Cc1cccnc1-c1cc(Cl)cc2nc(N3CCNCC3C)oc12. The number of piperazine rings is 1. The molecule has 24 heavy (non-hydrogen) atoms. The van der Waals surface area contributed by atoms with Gasteiger partial charge in [0.05, 0.1) is 5.69 Å². The van der Waals surface area contributed by atoms with Crippen molar-refractivity contribution in [1.82, 2.24) is 15.3 Å². The van der Waals surface area contributed by atoms with Crippen LogP contribution in [0.3, 0.4) is 0 Å². The van der Waals surface area contributed by atoms with Crippen LogP contribution >= 0.6 is 11.6 Å². The Balaban J connectivity index is 1.88. The quantitative estimate of drug-likeness (QED) is 0.770. The fourth-order valence-electron chi connectivity index (χ4n) is 3.18. The van der Waals surface area contributed by atoms with Crippen LogP contribution in [-0.2, 0) is 0 Å². The molecule has 1 aliphatic heterocycles. The fraction of sp³-hybridized carbons (Fsp3) is 0.333. The molecule has 0 bridgehead atoms. The van der Waals surface area contributed by atoms with E-state index in [1.165, 1.54) is 0 Å². The van der Waals surface area contributed by atoms with Gasteiger partial charge >= 0.3 is 0 Å². The fourth-order valence-corrected chi connectivity index (χ4v) is 3.39. The minimum absolute atomic E-state index is 0.335. The van der Waals surface area contributed by atoms with Crippen molar-refractivity contribution >= 4 is 28.7 Å². The van der Waals surface area contributed by atoms with Gasteiger partial charge in [0.1, 0.15) is 5.52 Å². The first kappa shape index (κ1) is 15.4. The zero-order valence-corrected chi connectivity index (χ0v) is 14.5. The summed E-state index contributed by atoms with van der Waals surface area (Å²) in [5.41, 5.74) is 4.35.